The maximum Gasteiger partial charge on any atom is 0.417 e. The number of aryl methyl sites for hydroxylation is 1. The molecular weight excluding hydrogens is 471 g/mol. The number of halogens is 4. The highest BCUT2D eigenvalue weighted by Gasteiger charge is 2.33. The molecule has 9 heteroatoms. The monoisotopic (exact) mass is 497 g/mol. The molecule has 0 aliphatic heterocycles. The molecule has 1 N–H and O–H groups in total. The number of amides is 1. The molecule has 1 saturated carbocycles. The van der Waals surface area contributed by atoms with E-state index in [9.17, 15) is 22.8 Å². The molecule has 184 valence electrons. The van der Waals surface area contributed by atoms with Gasteiger partial charge in [-0.15, -0.1) is 0 Å². The van der Waals surface area contributed by atoms with Gasteiger partial charge in [-0.2, -0.15) is 13.2 Å². The van der Waals surface area contributed by atoms with Crippen molar-refractivity contribution in [1.82, 2.24) is 5.32 Å². The molecule has 34 heavy (non-hydrogen) atoms. The molecule has 1 fully saturated rings. The molecule has 2 aromatic rings. The van der Waals surface area contributed by atoms with E-state index in [-0.39, 0.29) is 30.1 Å². The summed E-state index contributed by atoms with van der Waals surface area (Å²) in [5.74, 6) is 0.466. The van der Waals surface area contributed by atoms with Crippen LogP contribution in [0.1, 0.15) is 43.2 Å². The third kappa shape index (κ3) is 7.94. The average molecular weight is 498 g/mol. The Morgan fingerprint density at radius 2 is 1.59 bits per heavy atom. The van der Waals surface area contributed by atoms with E-state index in [2.05, 4.69) is 5.32 Å². The summed E-state index contributed by atoms with van der Waals surface area (Å²) in [5, 5.41) is 2.42. The first-order valence-electron chi connectivity index (χ1n) is 11.1. The quantitative estimate of drug-likeness (QED) is 0.478. The van der Waals surface area contributed by atoms with Gasteiger partial charge in [-0.25, -0.2) is 0 Å². The highest BCUT2D eigenvalue weighted by Crippen LogP contribution is 2.36. The Hall–Kier alpha value is -2.74. The summed E-state index contributed by atoms with van der Waals surface area (Å²) >= 11 is 5.58. The van der Waals surface area contributed by atoms with Crippen LogP contribution in [-0.4, -0.2) is 30.9 Å². The lowest BCUT2D eigenvalue weighted by Crippen LogP contribution is -2.40. The fraction of sp³-hybridized carbons (Fsp3) is 0.440. The third-order valence-electron chi connectivity index (χ3n) is 5.76. The van der Waals surface area contributed by atoms with Crippen LogP contribution in [0.3, 0.4) is 0 Å². The normalized spacial score (nSPS) is 18.3. The number of hydrogen-bond donors (Lipinski definition) is 1. The number of rotatable bonds is 9. The first-order valence-corrected chi connectivity index (χ1v) is 11.5. The van der Waals surface area contributed by atoms with E-state index in [4.69, 9.17) is 21.1 Å². The molecule has 0 radical (unpaired) electrons. The van der Waals surface area contributed by atoms with Gasteiger partial charge in [0.05, 0.1) is 10.6 Å². The molecule has 0 spiro atoms. The first kappa shape index (κ1) is 25.9. The standard InChI is InChI=1S/C25H27ClF3NO4/c1-16-2-8-20(9-3-16)33-14-19(31)12-17-4-6-18(7-5-17)30-24(32)15-34-21-10-11-23(26)22(13-21)25(27,28)29/h2-3,8-11,13,17-18H,4-7,12,14-15H2,1H3,(H,30,32). The summed E-state index contributed by atoms with van der Waals surface area (Å²) < 4.78 is 49.6. The van der Waals surface area contributed by atoms with Crippen molar-refractivity contribution >= 4 is 23.3 Å². The molecule has 0 saturated heterocycles. The molecule has 0 unspecified atom stereocenters. The Morgan fingerprint density at radius 1 is 0.971 bits per heavy atom. The van der Waals surface area contributed by atoms with Gasteiger partial charge in [0, 0.05) is 12.5 Å². The predicted octanol–water partition coefficient (Wildman–Crippen LogP) is 5.76. The largest absolute Gasteiger partial charge is 0.486 e. The van der Waals surface area contributed by atoms with Crippen LogP contribution in [0.2, 0.25) is 5.02 Å². The van der Waals surface area contributed by atoms with E-state index in [0.29, 0.717) is 12.2 Å². The van der Waals surface area contributed by atoms with E-state index >= 15 is 0 Å². The van der Waals surface area contributed by atoms with Crippen molar-refractivity contribution in [2.75, 3.05) is 13.2 Å². The van der Waals surface area contributed by atoms with Crippen LogP contribution >= 0.6 is 11.6 Å². The fourth-order valence-electron chi connectivity index (χ4n) is 3.92. The molecule has 1 amide bonds. The maximum atomic E-state index is 12.9. The second-order valence-electron chi connectivity index (χ2n) is 8.56. The number of carbonyl (C=O) groups excluding carboxylic acids is 2. The number of Topliss-reactive ketones (excluding diaryl/α,β-unsaturated/α-hetero) is 1. The van der Waals surface area contributed by atoms with Crippen LogP contribution in [0.15, 0.2) is 42.5 Å². The zero-order valence-electron chi connectivity index (χ0n) is 18.8. The van der Waals surface area contributed by atoms with Crippen LogP contribution in [0.4, 0.5) is 13.2 Å². The van der Waals surface area contributed by atoms with E-state index in [1.54, 1.807) is 0 Å². The van der Waals surface area contributed by atoms with E-state index in [1.807, 2.05) is 31.2 Å². The highest BCUT2D eigenvalue weighted by atomic mass is 35.5. The molecule has 0 atom stereocenters. The minimum atomic E-state index is -4.61. The van der Waals surface area contributed by atoms with Gasteiger partial charge < -0.3 is 14.8 Å². The topological polar surface area (TPSA) is 64.6 Å². The van der Waals surface area contributed by atoms with Crippen LogP contribution in [0.5, 0.6) is 11.5 Å². The van der Waals surface area contributed by atoms with Gasteiger partial charge in [-0.05, 0) is 68.9 Å². The highest BCUT2D eigenvalue weighted by molar-refractivity contribution is 6.31. The Labute approximate surface area is 201 Å². The van der Waals surface area contributed by atoms with E-state index in [0.717, 1.165) is 43.4 Å². The summed E-state index contributed by atoms with van der Waals surface area (Å²) in [4.78, 5) is 24.4. The van der Waals surface area contributed by atoms with E-state index in [1.165, 1.54) is 6.07 Å². The molecule has 0 aromatic heterocycles. The van der Waals surface area contributed by atoms with Crippen LogP contribution in [0, 0.1) is 12.8 Å². The second-order valence-corrected chi connectivity index (χ2v) is 8.96. The maximum absolute atomic E-state index is 12.9. The van der Waals surface area contributed by atoms with Gasteiger partial charge in [0.1, 0.15) is 18.1 Å². The third-order valence-corrected chi connectivity index (χ3v) is 6.09. The van der Waals surface area contributed by atoms with Gasteiger partial charge in [-0.3, -0.25) is 9.59 Å². The van der Waals surface area contributed by atoms with E-state index < -0.39 is 29.3 Å². The SMILES string of the molecule is Cc1ccc(OCC(=O)CC2CCC(NC(=O)COc3ccc(Cl)c(C(F)(F)F)c3)CC2)cc1. The smallest absolute Gasteiger partial charge is 0.417 e. The Balaban J connectivity index is 1.35. The zero-order chi connectivity index (χ0) is 24.7. The second kappa shape index (κ2) is 11.6. The molecule has 2 aromatic carbocycles. The molecule has 3 rings (SSSR count). The van der Waals surface area contributed by atoms with Crippen molar-refractivity contribution in [3.8, 4) is 11.5 Å². The molecular formula is C25H27ClF3NO4. The molecule has 1 aliphatic rings. The van der Waals surface area contributed by atoms with Gasteiger partial charge in [0.15, 0.2) is 12.4 Å². The Bertz CT molecular complexity index is 987. The molecule has 0 bridgehead atoms. The minimum Gasteiger partial charge on any atom is -0.486 e. The summed E-state index contributed by atoms with van der Waals surface area (Å²) in [5.41, 5.74) is 0.110. The summed E-state index contributed by atoms with van der Waals surface area (Å²) in [7, 11) is 0. The average Bonchev–Trinajstić information content (AvgIpc) is 2.79. The van der Waals surface area contributed by atoms with Gasteiger partial charge >= 0.3 is 6.18 Å². The van der Waals surface area contributed by atoms with Gasteiger partial charge in [0.2, 0.25) is 0 Å². The summed E-state index contributed by atoms with van der Waals surface area (Å²) in [6.45, 7) is 1.62. The fourth-order valence-corrected chi connectivity index (χ4v) is 4.14. The number of benzene rings is 2. The van der Waals surface area contributed by atoms with Crippen molar-refractivity contribution in [3.63, 3.8) is 0 Å². The first-order chi connectivity index (χ1) is 16.1. The molecule has 1 aliphatic carbocycles. The van der Waals surface area contributed by atoms with Crippen LogP contribution in [0.25, 0.3) is 0 Å². The number of hydrogen-bond acceptors (Lipinski definition) is 4. The van der Waals surface area contributed by atoms with Crippen molar-refractivity contribution in [1.29, 1.82) is 0 Å². The minimum absolute atomic E-state index is 0.0395. The predicted molar refractivity (Wildman–Crippen MR) is 122 cm³/mol. The lowest BCUT2D eigenvalue weighted by atomic mass is 9.83. The lowest BCUT2D eigenvalue weighted by molar-refractivity contribution is -0.137. The summed E-state index contributed by atoms with van der Waals surface area (Å²) in [6.07, 6.45) is -1.12. The van der Waals surface area contributed by atoms with Gasteiger partial charge in [0.25, 0.3) is 5.91 Å². The number of ketones is 1. The number of ether oxygens (including phenoxy) is 2. The van der Waals surface area contributed by atoms with Crippen molar-refractivity contribution in [3.05, 3.63) is 58.6 Å². The van der Waals surface area contributed by atoms with Crippen LogP contribution in [-0.2, 0) is 15.8 Å². The zero-order valence-corrected chi connectivity index (χ0v) is 19.5. The van der Waals surface area contributed by atoms with Gasteiger partial charge in [-0.1, -0.05) is 29.3 Å². The van der Waals surface area contributed by atoms with Crippen molar-refractivity contribution < 1.29 is 32.2 Å². The lowest BCUT2D eigenvalue weighted by Gasteiger charge is -2.28. The molecule has 5 nitrogen and oxygen atoms in total. The molecule has 0 heterocycles. The number of carbonyl (C=O) groups is 2. The Morgan fingerprint density at radius 3 is 2.24 bits per heavy atom. The number of alkyl halides is 3. The number of nitrogens with one attached hydrogen (secondary N) is 1. The van der Waals surface area contributed by atoms with Crippen LogP contribution < -0.4 is 14.8 Å². The van der Waals surface area contributed by atoms with Crippen molar-refractivity contribution in [2.24, 2.45) is 5.92 Å². The van der Waals surface area contributed by atoms with Crippen molar-refractivity contribution in [2.45, 2.75) is 51.2 Å². The Kier molecular flexibility index (Phi) is 8.83. The summed E-state index contributed by atoms with van der Waals surface area (Å²) in [6, 6.07) is 10.6.